The molecule has 2 saturated heterocycles. The van der Waals surface area contributed by atoms with Gasteiger partial charge in [-0.3, -0.25) is 14.5 Å². The maximum Gasteiger partial charge on any atom is 0.239 e. The molecule has 0 aromatic heterocycles. The van der Waals surface area contributed by atoms with Gasteiger partial charge in [0, 0.05) is 32.2 Å². The average Bonchev–Trinajstić information content (AvgIpc) is 3.01. The highest BCUT2D eigenvalue weighted by Crippen LogP contribution is 2.28. The van der Waals surface area contributed by atoms with Gasteiger partial charge in [-0.1, -0.05) is 0 Å². The Hall–Kier alpha value is -2.06. The molecule has 0 unspecified atom stereocenters. The summed E-state index contributed by atoms with van der Waals surface area (Å²) in [5.41, 5.74) is 0.0130. The van der Waals surface area contributed by atoms with Crippen LogP contribution in [-0.4, -0.2) is 62.7 Å². The maximum atomic E-state index is 13.9. The van der Waals surface area contributed by atoms with Crippen molar-refractivity contribution in [1.82, 2.24) is 10.2 Å². The number of carbonyl (C=O) groups excluding carboxylic acids is 2. The largest absolute Gasteiger partial charge is 0.379 e. The van der Waals surface area contributed by atoms with Crippen molar-refractivity contribution in [1.29, 1.82) is 0 Å². The summed E-state index contributed by atoms with van der Waals surface area (Å²) in [6.07, 6.45) is 1.12. The fraction of sp³-hybridized carbons (Fsp3) is 0.556. The van der Waals surface area contributed by atoms with Crippen LogP contribution in [0.5, 0.6) is 0 Å². The number of rotatable bonds is 6. The first-order valence-electron chi connectivity index (χ1n) is 8.90. The van der Waals surface area contributed by atoms with Gasteiger partial charge in [-0.15, -0.1) is 0 Å². The molecule has 1 N–H and O–H groups in total. The first-order chi connectivity index (χ1) is 12.6. The van der Waals surface area contributed by atoms with Crippen LogP contribution in [0.3, 0.4) is 0 Å². The molecule has 0 radical (unpaired) electrons. The molecular weight excluding hydrogens is 344 g/mol. The van der Waals surface area contributed by atoms with E-state index in [1.165, 1.54) is 11.0 Å². The highest BCUT2D eigenvalue weighted by atomic mass is 19.1. The quantitative estimate of drug-likeness (QED) is 0.605. The molecule has 2 heterocycles. The number of nitrogens with zero attached hydrogens (tertiary/aromatic N) is 2. The predicted molar refractivity (Wildman–Crippen MR) is 91.7 cm³/mol. The van der Waals surface area contributed by atoms with E-state index < -0.39 is 23.5 Å². The van der Waals surface area contributed by atoms with Gasteiger partial charge in [0.2, 0.25) is 11.8 Å². The van der Waals surface area contributed by atoms with Gasteiger partial charge in [0.05, 0.1) is 18.9 Å². The molecule has 1 aromatic rings. The van der Waals surface area contributed by atoms with Crippen LogP contribution in [0.2, 0.25) is 0 Å². The third-order valence-corrected chi connectivity index (χ3v) is 4.78. The molecule has 0 bridgehead atoms. The van der Waals surface area contributed by atoms with Crippen molar-refractivity contribution in [3.05, 3.63) is 29.8 Å². The zero-order valence-electron chi connectivity index (χ0n) is 14.5. The predicted octanol–water partition coefficient (Wildman–Crippen LogP) is 1.16. The Morgan fingerprint density at radius 3 is 2.73 bits per heavy atom. The summed E-state index contributed by atoms with van der Waals surface area (Å²) in [7, 11) is 0. The minimum atomic E-state index is -0.817. The summed E-state index contributed by atoms with van der Waals surface area (Å²) in [5.74, 6) is -3.09. The lowest BCUT2D eigenvalue weighted by Crippen LogP contribution is -2.40. The Kier molecular flexibility index (Phi) is 6.16. The molecule has 26 heavy (non-hydrogen) atoms. The molecule has 8 heteroatoms. The van der Waals surface area contributed by atoms with Gasteiger partial charge in [0.1, 0.15) is 17.6 Å². The van der Waals surface area contributed by atoms with E-state index in [1.807, 2.05) is 0 Å². The molecule has 1 atom stereocenters. The third-order valence-electron chi connectivity index (χ3n) is 4.78. The maximum absolute atomic E-state index is 13.9. The molecule has 6 nitrogen and oxygen atoms in total. The Balaban J connectivity index is 1.47. The highest BCUT2D eigenvalue weighted by molar-refractivity contribution is 6.09. The monoisotopic (exact) mass is 367 g/mol. The first-order valence-corrected chi connectivity index (χ1v) is 8.90. The van der Waals surface area contributed by atoms with E-state index in [9.17, 15) is 18.4 Å². The number of hydrogen-bond acceptors (Lipinski definition) is 4. The standard InChI is InChI=1S/C18H23F2N3O3/c19-13-2-3-16(15(20)12-13)23-7-4-14(18(23)25)17(24)21-5-1-6-22-8-10-26-11-9-22/h2-3,12,14H,1,4-11H2,(H,21,24)/t14-/m0/s1. The summed E-state index contributed by atoms with van der Waals surface area (Å²) < 4.78 is 32.2. The minimum Gasteiger partial charge on any atom is -0.379 e. The van der Waals surface area contributed by atoms with Crippen LogP contribution in [0, 0.1) is 17.6 Å². The highest BCUT2D eigenvalue weighted by Gasteiger charge is 2.38. The number of amides is 2. The van der Waals surface area contributed by atoms with Crippen molar-refractivity contribution in [2.24, 2.45) is 5.92 Å². The van der Waals surface area contributed by atoms with E-state index in [1.54, 1.807) is 0 Å². The molecule has 1 aromatic carbocycles. The van der Waals surface area contributed by atoms with Crippen molar-refractivity contribution in [3.8, 4) is 0 Å². The van der Waals surface area contributed by atoms with Gasteiger partial charge in [0.25, 0.3) is 0 Å². The number of morpholine rings is 1. The van der Waals surface area contributed by atoms with Crippen LogP contribution in [-0.2, 0) is 14.3 Å². The summed E-state index contributed by atoms with van der Waals surface area (Å²) in [5, 5.41) is 2.79. The van der Waals surface area contributed by atoms with Gasteiger partial charge in [-0.05, 0) is 31.5 Å². The first kappa shape index (κ1) is 18.7. The number of nitrogens with one attached hydrogen (secondary N) is 1. The lowest BCUT2D eigenvalue weighted by atomic mass is 10.1. The molecule has 0 saturated carbocycles. The summed E-state index contributed by atoms with van der Waals surface area (Å²) in [4.78, 5) is 28.2. The lowest BCUT2D eigenvalue weighted by molar-refractivity contribution is -0.132. The Labute approximate surface area is 151 Å². The second-order valence-electron chi connectivity index (χ2n) is 6.53. The number of halogens is 2. The number of anilines is 1. The molecule has 2 fully saturated rings. The lowest BCUT2D eigenvalue weighted by Gasteiger charge is -2.26. The third kappa shape index (κ3) is 4.37. The van der Waals surface area contributed by atoms with E-state index in [-0.39, 0.29) is 18.1 Å². The normalized spacial score (nSPS) is 21.2. The number of ether oxygens (including phenoxy) is 1. The van der Waals surface area contributed by atoms with Crippen molar-refractivity contribution >= 4 is 17.5 Å². The molecule has 0 spiro atoms. The molecular formula is C18H23F2N3O3. The minimum absolute atomic E-state index is 0.0130. The molecule has 2 aliphatic heterocycles. The van der Waals surface area contributed by atoms with E-state index >= 15 is 0 Å². The molecule has 3 rings (SSSR count). The fourth-order valence-electron chi connectivity index (χ4n) is 3.32. The fourth-order valence-corrected chi connectivity index (χ4v) is 3.32. The van der Waals surface area contributed by atoms with E-state index in [0.717, 1.165) is 51.4 Å². The zero-order chi connectivity index (χ0) is 18.5. The van der Waals surface area contributed by atoms with Crippen LogP contribution in [0.15, 0.2) is 18.2 Å². The number of hydrogen-bond donors (Lipinski definition) is 1. The van der Waals surface area contributed by atoms with E-state index in [2.05, 4.69) is 10.2 Å². The molecule has 2 aliphatic rings. The molecule has 0 aliphatic carbocycles. The van der Waals surface area contributed by atoms with Crippen LogP contribution < -0.4 is 10.2 Å². The number of carbonyl (C=O) groups is 2. The average molecular weight is 367 g/mol. The van der Waals surface area contributed by atoms with Crippen LogP contribution in [0.1, 0.15) is 12.8 Å². The Morgan fingerprint density at radius 2 is 2.00 bits per heavy atom. The van der Waals surface area contributed by atoms with Gasteiger partial charge in [0.15, 0.2) is 0 Å². The van der Waals surface area contributed by atoms with Gasteiger partial charge in [-0.25, -0.2) is 8.78 Å². The van der Waals surface area contributed by atoms with E-state index in [0.29, 0.717) is 13.0 Å². The van der Waals surface area contributed by atoms with Gasteiger partial charge >= 0.3 is 0 Å². The van der Waals surface area contributed by atoms with Gasteiger partial charge < -0.3 is 15.0 Å². The second kappa shape index (κ2) is 8.55. The van der Waals surface area contributed by atoms with Gasteiger partial charge in [-0.2, -0.15) is 0 Å². The van der Waals surface area contributed by atoms with Crippen molar-refractivity contribution in [2.45, 2.75) is 12.8 Å². The van der Waals surface area contributed by atoms with Crippen molar-refractivity contribution in [3.63, 3.8) is 0 Å². The summed E-state index contributed by atoms with van der Waals surface area (Å²) in [6, 6.07) is 3.07. The topological polar surface area (TPSA) is 61.9 Å². The zero-order valence-corrected chi connectivity index (χ0v) is 14.5. The smallest absolute Gasteiger partial charge is 0.239 e. The summed E-state index contributed by atoms with van der Waals surface area (Å²) in [6.45, 7) is 4.87. The molecule has 142 valence electrons. The number of benzene rings is 1. The second-order valence-corrected chi connectivity index (χ2v) is 6.53. The SMILES string of the molecule is O=C(NCCCN1CCOCC1)[C@@H]1CCN(c2ccc(F)cc2F)C1=O. The van der Waals surface area contributed by atoms with Crippen molar-refractivity contribution in [2.75, 3.05) is 50.8 Å². The van der Waals surface area contributed by atoms with Crippen LogP contribution >= 0.6 is 0 Å². The Bertz CT molecular complexity index is 665. The van der Waals surface area contributed by atoms with E-state index in [4.69, 9.17) is 4.74 Å². The van der Waals surface area contributed by atoms with Crippen LogP contribution in [0.25, 0.3) is 0 Å². The Morgan fingerprint density at radius 1 is 1.23 bits per heavy atom. The summed E-state index contributed by atoms with van der Waals surface area (Å²) >= 11 is 0. The van der Waals surface area contributed by atoms with Crippen LogP contribution in [0.4, 0.5) is 14.5 Å². The molecule has 2 amide bonds. The van der Waals surface area contributed by atoms with Crippen molar-refractivity contribution < 1.29 is 23.1 Å².